The maximum Gasteiger partial charge on any atom is 0.335 e. The maximum absolute atomic E-state index is 12.9. The molecule has 1 N–H and O–H groups in total. The standard InChI is InChI=1S/C23H26N2O3/c1-16-3-2-11-24(16)13-14-25-12-10-20-15-19(8-9-21(20)22(25)26)17-4-6-18(7-5-17)23(27)28/h4-9,15-16H,2-3,10-14H2,1H3,(H,27,28). The van der Waals surface area contributed by atoms with Gasteiger partial charge in [0.1, 0.15) is 0 Å². The summed E-state index contributed by atoms with van der Waals surface area (Å²) in [5, 5.41) is 9.04. The van der Waals surface area contributed by atoms with Gasteiger partial charge in [0.2, 0.25) is 0 Å². The molecule has 0 bridgehead atoms. The van der Waals surface area contributed by atoms with E-state index in [2.05, 4.69) is 17.9 Å². The first-order chi connectivity index (χ1) is 13.5. The van der Waals surface area contributed by atoms with Crippen LogP contribution in [0.1, 0.15) is 46.0 Å². The zero-order chi connectivity index (χ0) is 19.7. The Bertz CT molecular complexity index is 891. The summed E-state index contributed by atoms with van der Waals surface area (Å²) in [6.07, 6.45) is 3.37. The predicted molar refractivity (Wildman–Crippen MR) is 109 cm³/mol. The van der Waals surface area contributed by atoms with Crippen LogP contribution in [-0.4, -0.2) is 59.0 Å². The van der Waals surface area contributed by atoms with E-state index in [1.165, 1.54) is 12.8 Å². The van der Waals surface area contributed by atoms with Gasteiger partial charge in [0, 0.05) is 31.2 Å². The Morgan fingerprint density at radius 3 is 2.50 bits per heavy atom. The summed E-state index contributed by atoms with van der Waals surface area (Å²) < 4.78 is 0. The molecule has 0 radical (unpaired) electrons. The lowest BCUT2D eigenvalue weighted by atomic mass is 9.93. The Labute approximate surface area is 165 Å². The smallest absolute Gasteiger partial charge is 0.335 e. The zero-order valence-corrected chi connectivity index (χ0v) is 16.2. The van der Waals surface area contributed by atoms with E-state index < -0.39 is 5.97 Å². The quantitative estimate of drug-likeness (QED) is 0.865. The number of carbonyl (C=O) groups is 2. The summed E-state index contributed by atoms with van der Waals surface area (Å²) in [5.74, 6) is -0.799. The summed E-state index contributed by atoms with van der Waals surface area (Å²) in [7, 11) is 0. The minimum absolute atomic E-state index is 0.126. The Kier molecular flexibility index (Phi) is 5.18. The highest BCUT2D eigenvalue weighted by Gasteiger charge is 2.26. The number of carboxylic acids is 1. The average Bonchev–Trinajstić information content (AvgIpc) is 3.12. The summed E-state index contributed by atoms with van der Waals surface area (Å²) in [5.41, 5.74) is 4.13. The second kappa shape index (κ2) is 7.76. The fourth-order valence-electron chi connectivity index (χ4n) is 4.31. The van der Waals surface area contributed by atoms with Crippen molar-refractivity contribution < 1.29 is 14.7 Å². The van der Waals surface area contributed by atoms with Crippen molar-refractivity contribution in [1.29, 1.82) is 0 Å². The number of carbonyl (C=O) groups excluding carboxylic acids is 1. The second-order valence-corrected chi connectivity index (χ2v) is 7.82. The number of aromatic carboxylic acids is 1. The molecule has 146 valence electrons. The van der Waals surface area contributed by atoms with Crippen LogP contribution in [0.25, 0.3) is 11.1 Å². The molecular formula is C23H26N2O3. The van der Waals surface area contributed by atoms with Crippen molar-refractivity contribution in [1.82, 2.24) is 9.80 Å². The van der Waals surface area contributed by atoms with Crippen molar-refractivity contribution in [3.05, 3.63) is 59.2 Å². The minimum Gasteiger partial charge on any atom is -0.478 e. The van der Waals surface area contributed by atoms with Crippen LogP contribution in [0.2, 0.25) is 0 Å². The van der Waals surface area contributed by atoms with Gasteiger partial charge in [0.15, 0.2) is 0 Å². The van der Waals surface area contributed by atoms with E-state index in [4.69, 9.17) is 5.11 Å². The Morgan fingerprint density at radius 1 is 1.07 bits per heavy atom. The highest BCUT2D eigenvalue weighted by atomic mass is 16.4. The Hall–Kier alpha value is -2.66. The van der Waals surface area contributed by atoms with E-state index in [1.807, 2.05) is 29.2 Å². The monoisotopic (exact) mass is 378 g/mol. The molecule has 2 aromatic rings. The number of carboxylic acid groups (broad SMARTS) is 1. The molecule has 2 aromatic carbocycles. The molecular weight excluding hydrogens is 352 g/mol. The van der Waals surface area contributed by atoms with E-state index in [0.717, 1.165) is 54.9 Å². The van der Waals surface area contributed by atoms with E-state index in [-0.39, 0.29) is 11.5 Å². The lowest BCUT2D eigenvalue weighted by Gasteiger charge is -2.31. The molecule has 0 spiro atoms. The summed E-state index contributed by atoms with van der Waals surface area (Å²) in [6, 6.07) is 13.4. The van der Waals surface area contributed by atoms with Crippen LogP contribution in [0.15, 0.2) is 42.5 Å². The van der Waals surface area contributed by atoms with Crippen molar-refractivity contribution >= 4 is 11.9 Å². The molecule has 5 nitrogen and oxygen atoms in total. The van der Waals surface area contributed by atoms with Crippen LogP contribution in [0.4, 0.5) is 0 Å². The highest BCUT2D eigenvalue weighted by molar-refractivity contribution is 5.97. The van der Waals surface area contributed by atoms with Gasteiger partial charge < -0.3 is 10.0 Å². The number of likely N-dealkylation sites (tertiary alicyclic amines) is 1. The number of rotatable bonds is 5. The van der Waals surface area contributed by atoms with Gasteiger partial charge in [-0.15, -0.1) is 0 Å². The van der Waals surface area contributed by atoms with Gasteiger partial charge in [0.25, 0.3) is 5.91 Å². The van der Waals surface area contributed by atoms with Gasteiger partial charge >= 0.3 is 5.97 Å². The van der Waals surface area contributed by atoms with E-state index in [9.17, 15) is 9.59 Å². The van der Waals surface area contributed by atoms with Gasteiger partial charge in [-0.25, -0.2) is 4.79 Å². The van der Waals surface area contributed by atoms with Gasteiger partial charge in [-0.1, -0.05) is 24.3 Å². The number of hydrogen-bond acceptors (Lipinski definition) is 3. The molecule has 0 saturated carbocycles. The van der Waals surface area contributed by atoms with Crippen LogP contribution < -0.4 is 0 Å². The van der Waals surface area contributed by atoms with Crippen molar-refractivity contribution in [2.45, 2.75) is 32.2 Å². The number of hydrogen-bond donors (Lipinski definition) is 1. The number of fused-ring (bicyclic) bond motifs is 1. The molecule has 1 atom stereocenters. The summed E-state index contributed by atoms with van der Waals surface area (Å²) >= 11 is 0. The Balaban J connectivity index is 1.47. The fraction of sp³-hybridized carbons (Fsp3) is 0.391. The van der Waals surface area contributed by atoms with Gasteiger partial charge in [-0.05, 0) is 67.6 Å². The summed E-state index contributed by atoms with van der Waals surface area (Å²) in [6.45, 7) is 5.92. The van der Waals surface area contributed by atoms with Gasteiger partial charge in [0.05, 0.1) is 5.56 Å². The van der Waals surface area contributed by atoms with Crippen LogP contribution >= 0.6 is 0 Å². The predicted octanol–water partition coefficient (Wildman–Crippen LogP) is 3.53. The SMILES string of the molecule is CC1CCCN1CCN1CCc2cc(-c3ccc(C(=O)O)cc3)ccc2C1=O. The number of amides is 1. The molecule has 1 fully saturated rings. The first-order valence-corrected chi connectivity index (χ1v) is 10.0. The van der Waals surface area contributed by atoms with Crippen LogP contribution in [0.3, 0.4) is 0 Å². The molecule has 2 aliphatic rings. The lowest BCUT2D eigenvalue weighted by Crippen LogP contribution is -2.43. The number of nitrogens with zero attached hydrogens (tertiary/aromatic N) is 2. The topological polar surface area (TPSA) is 60.9 Å². The van der Waals surface area contributed by atoms with Crippen molar-refractivity contribution in [3.63, 3.8) is 0 Å². The zero-order valence-electron chi connectivity index (χ0n) is 16.2. The van der Waals surface area contributed by atoms with E-state index >= 15 is 0 Å². The molecule has 4 rings (SSSR count). The second-order valence-electron chi connectivity index (χ2n) is 7.82. The van der Waals surface area contributed by atoms with E-state index in [1.54, 1.807) is 12.1 Å². The molecule has 5 heteroatoms. The lowest BCUT2D eigenvalue weighted by molar-refractivity contribution is 0.0693. The largest absolute Gasteiger partial charge is 0.478 e. The third kappa shape index (κ3) is 3.67. The molecule has 2 aliphatic heterocycles. The van der Waals surface area contributed by atoms with Crippen LogP contribution in [0.5, 0.6) is 0 Å². The Morgan fingerprint density at radius 2 is 1.82 bits per heavy atom. The van der Waals surface area contributed by atoms with Crippen molar-refractivity contribution in [2.24, 2.45) is 0 Å². The molecule has 2 heterocycles. The van der Waals surface area contributed by atoms with E-state index in [0.29, 0.717) is 6.04 Å². The molecule has 1 unspecified atom stereocenters. The van der Waals surface area contributed by atoms with Crippen molar-refractivity contribution in [2.75, 3.05) is 26.2 Å². The first kappa shape index (κ1) is 18.7. The molecule has 0 aliphatic carbocycles. The van der Waals surface area contributed by atoms with Crippen molar-refractivity contribution in [3.8, 4) is 11.1 Å². The summed E-state index contributed by atoms with van der Waals surface area (Å²) in [4.78, 5) is 28.4. The van der Waals surface area contributed by atoms with Gasteiger partial charge in [-0.3, -0.25) is 9.69 Å². The van der Waals surface area contributed by atoms with Gasteiger partial charge in [-0.2, -0.15) is 0 Å². The highest BCUT2D eigenvalue weighted by Crippen LogP contribution is 2.27. The van der Waals surface area contributed by atoms with Crippen LogP contribution in [0, 0.1) is 0 Å². The molecule has 28 heavy (non-hydrogen) atoms. The third-order valence-electron chi connectivity index (χ3n) is 6.09. The first-order valence-electron chi connectivity index (χ1n) is 10.0. The minimum atomic E-state index is -0.925. The average molecular weight is 378 g/mol. The maximum atomic E-state index is 12.9. The molecule has 1 saturated heterocycles. The molecule has 0 aromatic heterocycles. The third-order valence-corrected chi connectivity index (χ3v) is 6.09. The number of benzene rings is 2. The normalized spacial score (nSPS) is 19.7. The fourth-order valence-corrected chi connectivity index (χ4v) is 4.31. The van der Waals surface area contributed by atoms with Crippen LogP contribution in [-0.2, 0) is 6.42 Å². The molecule has 1 amide bonds.